The molecular weight excluding hydrogens is 184 g/mol. The van der Waals surface area contributed by atoms with Crippen LogP contribution in [0.2, 0.25) is 0 Å². The van der Waals surface area contributed by atoms with Gasteiger partial charge in [0.1, 0.15) is 5.78 Å². The highest BCUT2D eigenvalue weighted by molar-refractivity contribution is 5.75. The second-order valence-electron chi connectivity index (χ2n) is 4.65. The van der Waals surface area contributed by atoms with Gasteiger partial charge in [-0.15, -0.1) is 0 Å². The van der Waals surface area contributed by atoms with Crippen molar-refractivity contribution in [1.29, 1.82) is 0 Å². The van der Waals surface area contributed by atoms with E-state index in [9.17, 15) is 4.79 Å². The zero-order chi connectivity index (χ0) is 11.4. The fourth-order valence-corrected chi connectivity index (χ4v) is 2.01. The molecule has 0 aromatic heterocycles. The first kappa shape index (κ1) is 12.0. The van der Waals surface area contributed by atoms with Crippen LogP contribution < -0.4 is 0 Å². The van der Waals surface area contributed by atoms with Gasteiger partial charge in [0.2, 0.25) is 0 Å². The van der Waals surface area contributed by atoms with Crippen LogP contribution in [0.3, 0.4) is 0 Å². The Morgan fingerprint density at radius 2 is 2.00 bits per heavy atom. The number of benzene rings is 1. The predicted octanol–water partition coefficient (Wildman–Crippen LogP) is 3.46. The van der Waals surface area contributed by atoms with Gasteiger partial charge in [0, 0.05) is 6.42 Å². The fraction of sp³-hybridized carbons (Fsp3) is 0.500. The van der Waals surface area contributed by atoms with E-state index in [0.29, 0.717) is 12.3 Å². The van der Waals surface area contributed by atoms with Gasteiger partial charge in [-0.05, 0) is 44.2 Å². The summed E-state index contributed by atoms with van der Waals surface area (Å²) in [5.74, 6) is 0.733. The first-order chi connectivity index (χ1) is 6.99. The zero-order valence-corrected chi connectivity index (χ0v) is 10.1. The van der Waals surface area contributed by atoms with E-state index in [1.165, 1.54) is 16.7 Å². The van der Waals surface area contributed by atoms with E-state index in [1.807, 2.05) is 0 Å². The van der Waals surface area contributed by atoms with Gasteiger partial charge in [0.25, 0.3) is 0 Å². The van der Waals surface area contributed by atoms with E-state index in [1.54, 1.807) is 6.92 Å². The van der Waals surface area contributed by atoms with Crippen molar-refractivity contribution >= 4 is 5.78 Å². The topological polar surface area (TPSA) is 17.1 Å². The van der Waals surface area contributed by atoms with Crippen molar-refractivity contribution in [1.82, 2.24) is 0 Å². The number of carbonyl (C=O) groups is 1. The van der Waals surface area contributed by atoms with Crippen molar-refractivity contribution < 1.29 is 4.79 Å². The third-order valence-electron chi connectivity index (χ3n) is 2.70. The molecule has 82 valence electrons. The van der Waals surface area contributed by atoms with Crippen molar-refractivity contribution in [2.45, 2.75) is 40.5 Å². The molecule has 0 radical (unpaired) electrons. The van der Waals surface area contributed by atoms with Gasteiger partial charge < -0.3 is 4.79 Å². The van der Waals surface area contributed by atoms with Crippen LogP contribution in [0.1, 0.15) is 37.0 Å². The molecule has 0 aliphatic rings. The predicted molar refractivity (Wildman–Crippen MR) is 64.1 cm³/mol. The Hall–Kier alpha value is -1.11. The average molecular weight is 204 g/mol. The normalized spacial score (nSPS) is 12.5. The van der Waals surface area contributed by atoms with Crippen LogP contribution in [0.25, 0.3) is 0 Å². The molecule has 0 spiro atoms. The molecule has 1 atom stereocenters. The fourth-order valence-electron chi connectivity index (χ4n) is 2.01. The Labute approximate surface area is 92.5 Å². The molecule has 1 unspecified atom stereocenters. The van der Waals surface area contributed by atoms with Crippen molar-refractivity contribution in [2.24, 2.45) is 5.92 Å². The summed E-state index contributed by atoms with van der Waals surface area (Å²) in [6.07, 6.45) is 1.69. The summed E-state index contributed by atoms with van der Waals surface area (Å²) in [5, 5.41) is 0. The molecule has 0 aliphatic carbocycles. The van der Waals surface area contributed by atoms with Crippen LogP contribution in [0, 0.1) is 19.8 Å². The number of hydrogen-bond donors (Lipinski definition) is 0. The Morgan fingerprint density at radius 1 is 1.33 bits per heavy atom. The Morgan fingerprint density at radius 3 is 2.53 bits per heavy atom. The zero-order valence-electron chi connectivity index (χ0n) is 10.1. The molecule has 0 fully saturated rings. The smallest absolute Gasteiger partial charge is 0.130 e. The highest BCUT2D eigenvalue weighted by Crippen LogP contribution is 2.17. The lowest BCUT2D eigenvalue weighted by Crippen LogP contribution is -2.06. The summed E-state index contributed by atoms with van der Waals surface area (Å²) < 4.78 is 0. The molecule has 0 saturated heterocycles. The van der Waals surface area contributed by atoms with Gasteiger partial charge in [-0.1, -0.05) is 30.7 Å². The third-order valence-corrected chi connectivity index (χ3v) is 2.70. The molecule has 1 aromatic carbocycles. The lowest BCUT2D eigenvalue weighted by atomic mass is 9.93. The molecule has 1 nitrogen and oxygen atoms in total. The van der Waals surface area contributed by atoms with Crippen LogP contribution in [0.15, 0.2) is 18.2 Å². The van der Waals surface area contributed by atoms with Gasteiger partial charge in [0.05, 0.1) is 0 Å². The lowest BCUT2D eigenvalue weighted by molar-refractivity contribution is -0.117. The highest BCUT2D eigenvalue weighted by Gasteiger charge is 2.08. The maximum atomic E-state index is 11.0. The number of aryl methyl sites for hydroxylation is 2. The Kier molecular flexibility index (Phi) is 4.07. The minimum absolute atomic E-state index is 0.285. The summed E-state index contributed by atoms with van der Waals surface area (Å²) in [7, 11) is 0. The number of rotatable bonds is 4. The third kappa shape index (κ3) is 3.86. The number of hydrogen-bond acceptors (Lipinski definition) is 1. The molecular formula is C14H20O. The Bertz CT molecular complexity index is 352. The molecule has 1 aromatic rings. The summed E-state index contributed by atoms with van der Waals surface area (Å²) in [6, 6.07) is 6.53. The quantitative estimate of drug-likeness (QED) is 0.734. The monoisotopic (exact) mass is 204 g/mol. The second-order valence-corrected chi connectivity index (χ2v) is 4.65. The molecule has 0 saturated carbocycles. The minimum Gasteiger partial charge on any atom is -0.300 e. The molecule has 0 amide bonds. The van der Waals surface area contributed by atoms with Gasteiger partial charge in [-0.2, -0.15) is 0 Å². The van der Waals surface area contributed by atoms with Gasteiger partial charge in [-0.3, -0.25) is 0 Å². The average Bonchev–Trinajstić information content (AvgIpc) is 2.08. The van der Waals surface area contributed by atoms with Crippen molar-refractivity contribution in [3.63, 3.8) is 0 Å². The van der Waals surface area contributed by atoms with E-state index in [4.69, 9.17) is 0 Å². The van der Waals surface area contributed by atoms with E-state index in [-0.39, 0.29) is 5.78 Å². The van der Waals surface area contributed by atoms with Gasteiger partial charge in [0.15, 0.2) is 0 Å². The van der Waals surface area contributed by atoms with Crippen LogP contribution in [0.4, 0.5) is 0 Å². The van der Waals surface area contributed by atoms with Crippen molar-refractivity contribution in [3.05, 3.63) is 34.9 Å². The standard InChI is InChI=1S/C14H20O/c1-10-5-6-14(12(3)7-10)9-11(2)8-13(4)15/h5-7,11H,8-9H2,1-4H3. The molecule has 1 rings (SSSR count). The molecule has 0 bridgehead atoms. The molecule has 15 heavy (non-hydrogen) atoms. The van der Waals surface area contributed by atoms with Crippen molar-refractivity contribution in [2.75, 3.05) is 0 Å². The SMILES string of the molecule is CC(=O)CC(C)Cc1ccc(C)cc1C. The first-order valence-electron chi connectivity index (χ1n) is 5.54. The van der Waals surface area contributed by atoms with Crippen LogP contribution >= 0.6 is 0 Å². The lowest BCUT2D eigenvalue weighted by Gasteiger charge is -2.12. The molecule has 0 heterocycles. The summed E-state index contributed by atoms with van der Waals surface area (Å²) in [4.78, 5) is 11.0. The highest BCUT2D eigenvalue weighted by atomic mass is 16.1. The number of Topliss-reactive ketones (excluding diaryl/α,β-unsaturated/α-hetero) is 1. The van der Waals surface area contributed by atoms with Gasteiger partial charge in [-0.25, -0.2) is 0 Å². The maximum Gasteiger partial charge on any atom is 0.130 e. The van der Waals surface area contributed by atoms with Crippen molar-refractivity contribution in [3.8, 4) is 0 Å². The molecule has 1 heteroatoms. The van der Waals surface area contributed by atoms with E-state index in [2.05, 4.69) is 39.0 Å². The minimum atomic E-state index is 0.285. The van der Waals surface area contributed by atoms with E-state index in [0.717, 1.165) is 6.42 Å². The number of ketones is 1. The van der Waals surface area contributed by atoms with Crippen LogP contribution in [-0.2, 0) is 11.2 Å². The van der Waals surface area contributed by atoms with E-state index < -0.39 is 0 Å². The molecule has 0 N–H and O–H groups in total. The Balaban J connectivity index is 2.68. The largest absolute Gasteiger partial charge is 0.300 e. The van der Waals surface area contributed by atoms with Gasteiger partial charge >= 0.3 is 0 Å². The summed E-state index contributed by atoms with van der Waals surface area (Å²) >= 11 is 0. The summed E-state index contributed by atoms with van der Waals surface area (Å²) in [6.45, 7) is 8.05. The van der Waals surface area contributed by atoms with E-state index >= 15 is 0 Å². The molecule has 0 aliphatic heterocycles. The maximum absolute atomic E-state index is 11.0. The van der Waals surface area contributed by atoms with Crippen LogP contribution in [-0.4, -0.2) is 5.78 Å². The summed E-state index contributed by atoms with van der Waals surface area (Å²) in [5.41, 5.74) is 4.01. The van der Waals surface area contributed by atoms with Crippen LogP contribution in [0.5, 0.6) is 0 Å². The second kappa shape index (κ2) is 5.11. The first-order valence-corrected chi connectivity index (χ1v) is 5.54. The number of carbonyl (C=O) groups excluding carboxylic acids is 1.